The number of nitrogens with one attached hydrogen (secondary N) is 1. The minimum Gasteiger partial charge on any atom is -0.350 e. The van der Waals surface area contributed by atoms with E-state index in [1.54, 1.807) is 18.3 Å². The van der Waals surface area contributed by atoms with Gasteiger partial charge in [0.05, 0.1) is 19.6 Å². The Kier molecular flexibility index (Phi) is 5.60. The zero-order valence-corrected chi connectivity index (χ0v) is 14.9. The predicted octanol–water partition coefficient (Wildman–Crippen LogP) is 1.26. The van der Waals surface area contributed by atoms with E-state index in [1.165, 1.54) is 4.88 Å². The van der Waals surface area contributed by atoms with E-state index in [0.29, 0.717) is 37.4 Å². The number of likely N-dealkylation sites (N-methyl/N-ethyl adjacent to an activating group) is 1. The minimum atomic E-state index is 0.0838. The van der Waals surface area contributed by atoms with Crippen molar-refractivity contribution in [2.24, 2.45) is 0 Å². The average molecular weight is 349 g/mol. The molecule has 130 valence electrons. The Morgan fingerprint density at radius 2 is 2.46 bits per heavy atom. The molecule has 7 nitrogen and oxygen atoms in total. The maximum absolute atomic E-state index is 12.1. The molecule has 1 amide bonds. The van der Waals surface area contributed by atoms with Gasteiger partial charge in [0.15, 0.2) is 5.82 Å². The van der Waals surface area contributed by atoms with Gasteiger partial charge in [-0.3, -0.25) is 14.6 Å². The molecule has 3 heterocycles. The largest absolute Gasteiger partial charge is 0.350 e. The van der Waals surface area contributed by atoms with Crippen molar-refractivity contribution in [3.05, 3.63) is 34.1 Å². The first-order valence-corrected chi connectivity index (χ1v) is 8.99. The van der Waals surface area contributed by atoms with Gasteiger partial charge in [-0.25, -0.2) is 0 Å². The average Bonchev–Trinajstić information content (AvgIpc) is 3.27. The molecule has 0 radical (unpaired) electrons. The number of thiophene rings is 1. The van der Waals surface area contributed by atoms with E-state index in [2.05, 4.69) is 32.3 Å². The lowest BCUT2D eigenvalue weighted by Gasteiger charge is -2.23. The molecule has 1 saturated heterocycles. The van der Waals surface area contributed by atoms with E-state index in [4.69, 9.17) is 4.52 Å². The van der Waals surface area contributed by atoms with E-state index in [9.17, 15) is 4.79 Å². The summed E-state index contributed by atoms with van der Waals surface area (Å²) in [5.41, 5.74) is 0. The van der Waals surface area contributed by atoms with Crippen LogP contribution in [0.5, 0.6) is 0 Å². The molecule has 0 bridgehead atoms. The maximum atomic E-state index is 12.1. The van der Waals surface area contributed by atoms with Gasteiger partial charge in [-0.15, -0.1) is 11.3 Å². The number of carbonyl (C=O) groups excluding carboxylic acids is 1. The number of nitrogens with zero attached hydrogens (tertiary/aromatic N) is 4. The van der Waals surface area contributed by atoms with Crippen LogP contribution in [0.2, 0.25) is 0 Å². The van der Waals surface area contributed by atoms with E-state index < -0.39 is 0 Å². The van der Waals surface area contributed by atoms with Crippen LogP contribution in [0.1, 0.15) is 23.0 Å². The summed E-state index contributed by atoms with van der Waals surface area (Å²) in [4.78, 5) is 21.9. The summed E-state index contributed by atoms with van der Waals surface area (Å²) in [6, 6.07) is 4.44. The highest BCUT2D eigenvalue weighted by Gasteiger charge is 2.27. The first-order chi connectivity index (χ1) is 11.6. The van der Waals surface area contributed by atoms with Crippen LogP contribution >= 0.6 is 11.3 Å². The van der Waals surface area contributed by atoms with Crippen molar-refractivity contribution in [2.75, 3.05) is 26.7 Å². The molecule has 0 aliphatic carbocycles. The third kappa shape index (κ3) is 4.62. The number of likely N-dealkylation sites (tertiary alicyclic amines) is 1. The highest BCUT2D eigenvalue weighted by molar-refractivity contribution is 7.09. The molecule has 1 aliphatic rings. The van der Waals surface area contributed by atoms with Gasteiger partial charge in [0.25, 0.3) is 0 Å². The van der Waals surface area contributed by atoms with Crippen LogP contribution in [0.25, 0.3) is 0 Å². The van der Waals surface area contributed by atoms with E-state index >= 15 is 0 Å². The van der Waals surface area contributed by atoms with Crippen molar-refractivity contribution >= 4 is 17.2 Å². The molecule has 1 unspecified atom stereocenters. The summed E-state index contributed by atoms with van der Waals surface area (Å²) in [7, 11) is 2.07. The second kappa shape index (κ2) is 7.87. The molecule has 24 heavy (non-hydrogen) atoms. The number of carbonyl (C=O) groups is 1. The topological polar surface area (TPSA) is 74.5 Å². The zero-order valence-electron chi connectivity index (χ0n) is 14.1. The monoisotopic (exact) mass is 349 g/mol. The number of hydrogen-bond acceptors (Lipinski definition) is 7. The molecule has 1 atom stereocenters. The van der Waals surface area contributed by atoms with Gasteiger partial charge in [-0.05, 0) is 24.9 Å². The molecule has 2 aromatic rings. The van der Waals surface area contributed by atoms with Crippen LogP contribution < -0.4 is 5.32 Å². The van der Waals surface area contributed by atoms with Gasteiger partial charge < -0.3 is 9.84 Å². The summed E-state index contributed by atoms with van der Waals surface area (Å²) in [6.45, 7) is 5.36. The van der Waals surface area contributed by atoms with Crippen molar-refractivity contribution in [3.63, 3.8) is 0 Å². The SMILES string of the molecule is Cc1nc(CN(C)C2CCN(CC(=O)NCc3cccs3)C2)no1. The van der Waals surface area contributed by atoms with Gasteiger partial charge in [-0.2, -0.15) is 4.98 Å². The molecule has 0 aromatic carbocycles. The molecule has 1 aliphatic heterocycles. The fraction of sp³-hybridized carbons (Fsp3) is 0.562. The first kappa shape index (κ1) is 17.1. The number of amides is 1. The fourth-order valence-electron chi connectivity index (χ4n) is 2.93. The number of rotatable bonds is 7. The molecule has 2 aromatic heterocycles. The Morgan fingerprint density at radius 3 is 3.17 bits per heavy atom. The third-order valence-corrected chi connectivity index (χ3v) is 5.11. The molecular formula is C16H23N5O2S. The molecule has 8 heteroatoms. The van der Waals surface area contributed by atoms with Crippen LogP contribution in [0, 0.1) is 6.92 Å². The Labute approximate surface area is 145 Å². The van der Waals surface area contributed by atoms with Gasteiger partial charge in [-0.1, -0.05) is 11.2 Å². The van der Waals surface area contributed by atoms with Crippen molar-refractivity contribution in [2.45, 2.75) is 32.5 Å². The Hall–Kier alpha value is -1.77. The summed E-state index contributed by atoms with van der Waals surface area (Å²) >= 11 is 1.66. The van der Waals surface area contributed by atoms with Gasteiger partial charge in [0, 0.05) is 30.9 Å². The molecule has 1 N–H and O–H groups in total. The van der Waals surface area contributed by atoms with Crippen LogP contribution in [0.3, 0.4) is 0 Å². The highest BCUT2D eigenvalue weighted by Crippen LogP contribution is 2.16. The number of aromatic nitrogens is 2. The smallest absolute Gasteiger partial charge is 0.234 e. The standard InChI is InChI=1S/C16H23N5O2S/c1-12-18-15(19-23-12)10-20(2)13-5-6-21(9-13)11-16(22)17-8-14-4-3-7-24-14/h3-4,7,13H,5-6,8-11H2,1-2H3,(H,17,22). The van der Waals surface area contributed by atoms with Gasteiger partial charge in [0.1, 0.15) is 0 Å². The third-order valence-electron chi connectivity index (χ3n) is 4.24. The van der Waals surface area contributed by atoms with Crippen LogP contribution in [-0.4, -0.2) is 58.6 Å². The summed E-state index contributed by atoms with van der Waals surface area (Å²) in [5, 5.41) is 8.94. The highest BCUT2D eigenvalue weighted by atomic mass is 32.1. The minimum absolute atomic E-state index is 0.0838. The Balaban J connectivity index is 1.40. The summed E-state index contributed by atoms with van der Waals surface area (Å²) < 4.78 is 5.01. The van der Waals surface area contributed by atoms with Crippen molar-refractivity contribution < 1.29 is 9.32 Å². The molecule has 1 fully saturated rings. The lowest BCUT2D eigenvalue weighted by atomic mass is 10.2. The van der Waals surface area contributed by atoms with Crippen molar-refractivity contribution in [3.8, 4) is 0 Å². The lowest BCUT2D eigenvalue weighted by Crippen LogP contribution is -2.38. The molecular weight excluding hydrogens is 326 g/mol. The van der Waals surface area contributed by atoms with Gasteiger partial charge >= 0.3 is 0 Å². The molecule has 3 rings (SSSR count). The maximum Gasteiger partial charge on any atom is 0.234 e. The Morgan fingerprint density at radius 1 is 1.58 bits per heavy atom. The lowest BCUT2D eigenvalue weighted by molar-refractivity contribution is -0.122. The normalized spacial score (nSPS) is 18.4. The van der Waals surface area contributed by atoms with E-state index in [1.807, 2.05) is 17.5 Å². The second-order valence-corrected chi connectivity index (χ2v) is 7.21. The van der Waals surface area contributed by atoms with E-state index in [0.717, 1.165) is 19.5 Å². The van der Waals surface area contributed by atoms with Crippen LogP contribution in [0.4, 0.5) is 0 Å². The zero-order chi connectivity index (χ0) is 16.9. The second-order valence-electron chi connectivity index (χ2n) is 6.18. The summed E-state index contributed by atoms with van der Waals surface area (Å²) in [5.74, 6) is 1.39. The number of hydrogen-bond donors (Lipinski definition) is 1. The van der Waals surface area contributed by atoms with Crippen LogP contribution in [0.15, 0.2) is 22.0 Å². The van der Waals surface area contributed by atoms with Crippen molar-refractivity contribution in [1.82, 2.24) is 25.3 Å². The van der Waals surface area contributed by atoms with Gasteiger partial charge in [0.2, 0.25) is 11.8 Å². The number of aryl methyl sites for hydroxylation is 1. The quantitative estimate of drug-likeness (QED) is 0.811. The molecule has 0 spiro atoms. The Bertz CT molecular complexity index is 657. The van der Waals surface area contributed by atoms with Crippen LogP contribution in [-0.2, 0) is 17.9 Å². The first-order valence-electron chi connectivity index (χ1n) is 8.11. The van der Waals surface area contributed by atoms with Crippen molar-refractivity contribution in [1.29, 1.82) is 0 Å². The summed E-state index contributed by atoms with van der Waals surface area (Å²) in [6.07, 6.45) is 1.05. The predicted molar refractivity (Wildman–Crippen MR) is 91.5 cm³/mol. The fourth-order valence-corrected chi connectivity index (χ4v) is 3.58. The van der Waals surface area contributed by atoms with E-state index in [-0.39, 0.29) is 5.91 Å². The molecule has 0 saturated carbocycles.